The maximum Gasteiger partial charge on any atom is 0.315 e. The van der Waals surface area contributed by atoms with E-state index in [4.69, 9.17) is 0 Å². The van der Waals surface area contributed by atoms with Crippen molar-refractivity contribution in [3.05, 3.63) is 36.4 Å². The molecule has 2 aromatic rings. The second-order valence-corrected chi connectivity index (χ2v) is 7.49. The van der Waals surface area contributed by atoms with Gasteiger partial charge in [0.15, 0.2) is 5.82 Å². The minimum Gasteiger partial charge on any atom is -0.368 e. The van der Waals surface area contributed by atoms with Crippen LogP contribution in [0.4, 0.5) is 11.6 Å². The molecule has 4 amide bonds. The number of aromatic nitrogens is 2. The van der Waals surface area contributed by atoms with E-state index >= 15 is 0 Å². The van der Waals surface area contributed by atoms with Crippen LogP contribution in [0.1, 0.15) is 13.8 Å². The molecule has 1 aliphatic rings. The fraction of sp³-hybridized carbons (Fsp3) is 0.364. The molecule has 0 spiro atoms. The third kappa shape index (κ3) is 6.73. The summed E-state index contributed by atoms with van der Waals surface area (Å²) in [4.78, 5) is 59.6. The molecule has 0 aliphatic carbocycles. The Hall–Kier alpha value is -4.02. The minimum absolute atomic E-state index is 0.0560. The van der Waals surface area contributed by atoms with E-state index < -0.39 is 11.8 Å². The molecule has 0 atom stereocenters. The van der Waals surface area contributed by atoms with Crippen molar-refractivity contribution in [3.63, 3.8) is 0 Å². The molecule has 2 heterocycles. The van der Waals surface area contributed by atoms with E-state index in [9.17, 15) is 19.2 Å². The van der Waals surface area contributed by atoms with Gasteiger partial charge in [0.05, 0.1) is 0 Å². The molecule has 0 unspecified atom stereocenters. The van der Waals surface area contributed by atoms with Gasteiger partial charge in [-0.3, -0.25) is 19.2 Å². The lowest BCUT2D eigenvalue weighted by molar-refractivity contribution is -0.145. The molecule has 0 radical (unpaired) electrons. The lowest BCUT2D eigenvalue weighted by Crippen LogP contribution is -2.52. The number of hydrogen-bond acceptors (Lipinski definition) is 7. The number of amides is 4. The molecule has 11 heteroatoms. The van der Waals surface area contributed by atoms with Gasteiger partial charge in [-0.15, -0.1) is 0 Å². The summed E-state index contributed by atoms with van der Waals surface area (Å²) in [5, 5.41) is 8.32. The van der Waals surface area contributed by atoms with Crippen molar-refractivity contribution in [1.82, 2.24) is 25.1 Å². The number of nitrogens with zero attached hydrogens (tertiary/aromatic N) is 4. The summed E-state index contributed by atoms with van der Waals surface area (Å²) in [5.41, 5.74) is 0.741. The molecular weight excluding hydrogens is 426 g/mol. The fourth-order valence-corrected chi connectivity index (χ4v) is 3.29. The Morgan fingerprint density at radius 2 is 1.52 bits per heavy atom. The predicted molar refractivity (Wildman–Crippen MR) is 122 cm³/mol. The highest BCUT2D eigenvalue weighted by Crippen LogP contribution is 2.20. The molecule has 33 heavy (non-hydrogen) atoms. The number of rotatable bonds is 6. The Morgan fingerprint density at radius 1 is 0.879 bits per heavy atom. The van der Waals surface area contributed by atoms with Crippen LogP contribution in [0.3, 0.4) is 0 Å². The van der Waals surface area contributed by atoms with Crippen LogP contribution in [0.25, 0.3) is 11.4 Å². The molecule has 1 aliphatic heterocycles. The van der Waals surface area contributed by atoms with Crippen molar-refractivity contribution in [2.24, 2.45) is 0 Å². The molecule has 3 N–H and O–H groups in total. The van der Waals surface area contributed by atoms with Crippen LogP contribution >= 0.6 is 0 Å². The molecule has 11 nitrogen and oxygen atoms in total. The quantitative estimate of drug-likeness (QED) is 0.423. The van der Waals surface area contributed by atoms with Crippen molar-refractivity contribution in [1.29, 1.82) is 0 Å². The average Bonchev–Trinajstić information content (AvgIpc) is 2.81. The van der Waals surface area contributed by atoms with Gasteiger partial charge in [0.25, 0.3) is 0 Å². The van der Waals surface area contributed by atoms with Gasteiger partial charge in [0.2, 0.25) is 11.8 Å². The summed E-state index contributed by atoms with van der Waals surface area (Å²) in [6.45, 7) is 5.09. The van der Waals surface area contributed by atoms with Gasteiger partial charge >= 0.3 is 11.8 Å². The van der Waals surface area contributed by atoms with Crippen LogP contribution in [0.2, 0.25) is 0 Å². The Morgan fingerprint density at radius 3 is 2.15 bits per heavy atom. The molecule has 1 saturated heterocycles. The van der Waals surface area contributed by atoms with Crippen LogP contribution < -0.4 is 16.0 Å². The van der Waals surface area contributed by atoms with Crippen molar-refractivity contribution in [2.45, 2.75) is 13.8 Å². The zero-order valence-electron chi connectivity index (χ0n) is 18.6. The third-order valence-corrected chi connectivity index (χ3v) is 5.01. The van der Waals surface area contributed by atoms with Gasteiger partial charge in [0.1, 0.15) is 11.6 Å². The first-order valence-electron chi connectivity index (χ1n) is 10.6. The number of piperazine rings is 1. The molecule has 1 fully saturated rings. The van der Waals surface area contributed by atoms with E-state index in [-0.39, 0.29) is 17.6 Å². The number of hydrogen-bond donors (Lipinski definition) is 3. The first kappa shape index (κ1) is 23.6. The number of benzene rings is 1. The zero-order chi connectivity index (χ0) is 23.8. The van der Waals surface area contributed by atoms with Crippen molar-refractivity contribution in [2.75, 3.05) is 49.9 Å². The fourth-order valence-electron chi connectivity index (χ4n) is 3.29. The first-order chi connectivity index (χ1) is 15.8. The maximum atomic E-state index is 12.6. The second kappa shape index (κ2) is 11.0. The van der Waals surface area contributed by atoms with Crippen LogP contribution in [0.15, 0.2) is 36.4 Å². The van der Waals surface area contributed by atoms with Crippen molar-refractivity contribution >= 4 is 35.3 Å². The molecule has 1 aromatic heterocycles. The highest BCUT2D eigenvalue weighted by Gasteiger charge is 2.27. The second-order valence-electron chi connectivity index (χ2n) is 7.49. The highest BCUT2D eigenvalue weighted by atomic mass is 16.2. The zero-order valence-corrected chi connectivity index (χ0v) is 18.6. The van der Waals surface area contributed by atoms with E-state index in [1.165, 1.54) is 24.8 Å². The van der Waals surface area contributed by atoms with Gasteiger partial charge in [-0.05, 0) is 0 Å². The van der Waals surface area contributed by atoms with E-state index in [0.29, 0.717) is 50.9 Å². The predicted octanol–water partition coefficient (Wildman–Crippen LogP) is 0.321. The summed E-state index contributed by atoms with van der Waals surface area (Å²) in [5.74, 6) is -0.706. The smallest absolute Gasteiger partial charge is 0.315 e. The standard InChI is InChI=1S/C22H27N7O4/c1-15(30)23-8-9-24-18-14-19(26-20(25-18)17-6-4-3-5-7-17)27-21(32)22(33)29-12-10-28(11-13-29)16(2)31/h3-7,14H,8-13H2,1-2H3,(H,23,30)(H2,24,25,26,27,32). The van der Waals surface area contributed by atoms with E-state index in [1.54, 1.807) is 4.90 Å². The van der Waals surface area contributed by atoms with E-state index in [1.807, 2.05) is 30.3 Å². The van der Waals surface area contributed by atoms with Gasteiger partial charge in [-0.1, -0.05) is 30.3 Å². The molecule has 1 aromatic carbocycles. The van der Waals surface area contributed by atoms with E-state index in [2.05, 4.69) is 25.9 Å². The Labute approximate surface area is 191 Å². The van der Waals surface area contributed by atoms with Gasteiger partial charge in [-0.25, -0.2) is 9.97 Å². The number of carbonyl (C=O) groups excluding carboxylic acids is 4. The summed E-state index contributed by atoms with van der Waals surface area (Å²) in [6.07, 6.45) is 0. The van der Waals surface area contributed by atoms with Crippen LogP contribution in [0.5, 0.6) is 0 Å². The summed E-state index contributed by atoms with van der Waals surface area (Å²) in [6, 6.07) is 10.8. The third-order valence-electron chi connectivity index (χ3n) is 5.01. The lowest BCUT2D eigenvalue weighted by Gasteiger charge is -2.33. The normalized spacial score (nSPS) is 13.3. The Bertz CT molecular complexity index is 1020. The molecule has 3 rings (SSSR count). The largest absolute Gasteiger partial charge is 0.368 e. The highest BCUT2D eigenvalue weighted by molar-refractivity contribution is 6.39. The lowest BCUT2D eigenvalue weighted by atomic mass is 10.2. The topological polar surface area (TPSA) is 137 Å². The van der Waals surface area contributed by atoms with Crippen LogP contribution in [-0.2, 0) is 19.2 Å². The van der Waals surface area contributed by atoms with Gasteiger partial charge in [-0.2, -0.15) is 0 Å². The molecule has 0 saturated carbocycles. The van der Waals surface area contributed by atoms with Crippen molar-refractivity contribution in [3.8, 4) is 11.4 Å². The minimum atomic E-state index is -0.812. The molecular formula is C22H27N7O4. The summed E-state index contributed by atoms with van der Waals surface area (Å²) in [7, 11) is 0. The number of anilines is 2. The summed E-state index contributed by atoms with van der Waals surface area (Å²) >= 11 is 0. The Balaban J connectivity index is 1.71. The summed E-state index contributed by atoms with van der Waals surface area (Å²) < 4.78 is 0. The van der Waals surface area contributed by atoms with Crippen LogP contribution in [-0.4, -0.2) is 82.7 Å². The first-order valence-corrected chi connectivity index (χ1v) is 10.6. The van der Waals surface area contributed by atoms with Gasteiger partial charge < -0.3 is 25.8 Å². The maximum absolute atomic E-state index is 12.6. The van der Waals surface area contributed by atoms with E-state index in [0.717, 1.165) is 5.56 Å². The monoisotopic (exact) mass is 453 g/mol. The average molecular weight is 454 g/mol. The Kier molecular flexibility index (Phi) is 7.90. The molecule has 174 valence electrons. The molecule has 0 bridgehead atoms. The van der Waals surface area contributed by atoms with Gasteiger partial charge in [0, 0.05) is 64.7 Å². The van der Waals surface area contributed by atoms with Crippen LogP contribution in [0, 0.1) is 0 Å². The van der Waals surface area contributed by atoms with Crippen molar-refractivity contribution < 1.29 is 19.2 Å². The SMILES string of the molecule is CC(=O)NCCNc1cc(NC(=O)C(=O)N2CCN(C(C)=O)CC2)nc(-c2ccccc2)n1. The number of nitrogens with one attached hydrogen (secondary N) is 3. The number of carbonyl (C=O) groups is 4.